The van der Waals surface area contributed by atoms with Crippen LogP contribution < -0.4 is 5.73 Å². The maximum absolute atomic E-state index is 9.06. The van der Waals surface area contributed by atoms with Crippen molar-refractivity contribution in [2.75, 3.05) is 13.2 Å². The predicted molar refractivity (Wildman–Crippen MR) is 86.7 cm³/mol. The van der Waals surface area contributed by atoms with E-state index in [-0.39, 0.29) is 13.2 Å². The third-order valence-corrected chi connectivity index (χ3v) is 3.82. The Morgan fingerprint density at radius 2 is 1.30 bits per heavy atom. The highest BCUT2D eigenvalue weighted by Gasteiger charge is 2.21. The minimum atomic E-state index is -0.799. The smallest absolute Gasteiger partial charge is 0.0633 e. The van der Waals surface area contributed by atoms with E-state index in [9.17, 15) is 0 Å². The van der Waals surface area contributed by atoms with Gasteiger partial charge in [0.1, 0.15) is 0 Å². The lowest BCUT2D eigenvalue weighted by atomic mass is 9.96. The molecule has 0 saturated heterocycles. The molecule has 0 heterocycles. The summed E-state index contributed by atoms with van der Waals surface area (Å²) in [5.41, 5.74) is 5.00. The first-order valence-corrected chi connectivity index (χ1v) is 8.34. The molecule has 0 aromatic heterocycles. The molecular formula is C17H35NO2. The van der Waals surface area contributed by atoms with Crippen molar-refractivity contribution in [2.45, 2.75) is 83.1 Å². The van der Waals surface area contributed by atoms with Crippen molar-refractivity contribution in [3.8, 4) is 0 Å². The summed E-state index contributed by atoms with van der Waals surface area (Å²) in [6.45, 7) is 1.96. The van der Waals surface area contributed by atoms with Crippen LogP contribution in [0.1, 0.15) is 77.6 Å². The van der Waals surface area contributed by atoms with Gasteiger partial charge in [0.25, 0.3) is 0 Å². The number of hydrogen-bond donors (Lipinski definition) is 3. The fourth-order valence-corrected chi connectivity index (χ4v) is 2.24. The molecule has 120 valence electrons. The number of aliphatic hydroxyl groups is 2. The summed E-state index contributed by atoms with van der Waals surface area (Å²) in [5.74, 6) is 0. The van der Waals surface area contributed by atoms with Gasteiger partial charge in [-0.1, -0.05) is 57.6 Å². The Morgan fingerprint density at radius 3 is 1.85 bits per heavy atom. The lowest BCUT2D eigenvalue weighted by Gasteiger charge is -2.23. The fourth-order valence-electron chi connectivity index (χ4n) is 2.24. The van der Waals surface area contributed by atoms with E-state index in [1.807, 2.05) is 0 Å². The van der Waals surface area contributed by atoms with E-state index in [4.69, 9.17) is 15.9 Å². The van der Waals surface area contributed by atoms with Crippen LogP contribution >= 0.6 is 0 Å². The van der Waals surface area contributed by atoms with E-state index in [0.29, 0.717) is 6.42 Å². The average Bonchev–Trinajstić information content (AvgIpc) is 2.48. The molecule has 0 bridgehead atoms. The summed E-state index contributed by atoms with van der Waals surface area (Å²) in [7, 11) is 0. The number of allylic oxidation sites excluding steroid dienone is 2. The molecule has 0 aromatic carbocycles. The van der Waals surface area contributed by atoms with Crippen molar-refractivity contribution >= 4 is 0 Å². The maximum atomic E-state index is 9.06. The van der Waals surface area contributed by atoms with Crippen LogP contribution in [-0.4, -0.2) is 29.0 Å². The van der Waals surface area contributed by atoms with Crippen LogP contribution in [0.4, 0.5) is 0 Å². The highest BCUT2D eigenvalue weighted by Crippen LogP contribution is 2.11. The highest BCUT2D eigenvalue weighted by atomic mass is 16.3. The van der Waals surface area contributed by atoms with Crippen LogP contribution in [0.15, 0.2) is 12.2 Å². The Kier molecular flexibility index (Phi) is 13.3. The molecule has 0 radical (unpaired) electrons. The molecule has 0 unspecified atom stereocenters. The second-order valence-corrected chi connectivity index (χ2v) is 5.95. The molecule has 0 aliphatic carbocycles. The van der Waals surface area contributed by atoms with Gasteiger partial charge in [0.15, 0.2) is 0 Å². The first-order valence-electron chi connectivity index (χ1n) is 8.34. The van der Waals surface area contributed by atoms with Crippen LogP contribution in [0.3, 0.4) is 0 Å². The van der Waals surface area contributed by atoms with Crippen molar-refractivity contribution in [1.29, 1.82) is 0 Å². The first kappa shape index (κ1) is 19.6. The molecular weight excluding hydrogens is 250 g/mol. The topological polar surface area (TPSA) is 66.5 Å². The third kappa shape index (κ3) is 11.4. The summed E-state index contributed by atoms with van der Waals surface area (Å²) in [5, 5.41) is 18.1. The molecule has 0 saturated carbocycles. The Balaban J connectivity index is 3.32. The summed E-state index contributed by atoms with van der Waals surface area (Å²) in [4.78, 5) is 0. The average molecular weight is 285 g/mol. The van der Waals surface area contributed by atoms with Gasteiger partial charge >= 0.3 is 0 Å². The zero-order chi connectivity index (χ0) is 15.1. The van der Waals surface area contributed by atoms with Crippen molar-refractivity contribution < 1.29 is 10.2 Å². The second kappa shape index (κ2) is 13.6. The molecule has 0 spiro atoms. The Morgan fingerprint density at radius 1 is 0.800 bits per heavy atom. The lowest BCUT2D eigenvalue weighted by Crippen LogP contribution is -2.47. The molecule has 3 heteroatoms. The van der Waals surface area contributed by atoms with Gasteiger partial charge < -0.3 is 15.9 Å². The van der Waals surface area contributed by atoms with Crippen LogP contribution in [0.5, 0.6) is 0 Å². The van der Waals surface area contributed by atoms with Crippen LogP contribution in [0.25, 0.3) is 0 Å². The van der Waals surface area contributed by atoms with Gasteiger partial charge in [-0.3, -0.25) is 0 Å². The van der Waals surface area contributed by atoms with Gasteiger partial charge in [-0.25, -0.2) is 0 Å². The number of rotatable bonds is 14. The highest BCUT2D eigenvalue weighted by molar-refractivity contribution is 4.86. The van der Waals surface area contributed by atoms with Crippen molar-refractivity contribution in [3.63, 3.8) is 0 Å². The van der Waals surface area contributed by atoms with Crippen LogP contribution in [-0.2, 0) is 0 Å². The first-order chi connectivity index (χ1) is 9.68. The number of nitrogens with two attached hydrogens (primary N) is 1. The number of hydrogen-bond acceptors (Lipinski definition) is 3. The Labute approximate surface area is 125 Å². The lowest BCUT2D eigenvalue weighted by molar-refractivity contribution is 0.113. The molecule has 0 amide bonds. The monoisotopic (exact) mass is 285 g/mol. The fraction of sp³-hybridized carbons (Fsp3) is 0.882. The summed E-state index contributed by atoms with van der Waals surface area (Å²) in [6.07, 6.45) is 17.7. The Hall–Kier alpha value is -0.380. The molecule has 4 N–H and O–H groups in total. The summed E-state index contributed by atoms with van der Waals surface area (Å²) >= 11 is 0. The maximum Gasteiger partial charge on any atom is 0.0633 e. The van der Waals surface area contributed by atoms with Gasteiger partial charge in [-0.05, 0) is 32.1 Å². The van der Waals surface area contributed by atoms with Crippen molar-refractivity contribution in [3.05, 3.63) is 12.2 Å². The van der Waals surface area contributed by atoms with E-state index < -0.39 is 5.54 Å². The molecule has 0 aliphatic rings. The van der Waals surface area contributed by atoms with Gasteiger partial charge in [-0.15, -0.1) is 0 Å². The van der Waals surface area contributed by atoms with Crippen molar-refractivity contribution in [1.82, 2.24) is 0 Å². The minimum absolute atomic E-state index is 0.148. The largest absolute Gasteiger partial charge is 0.394 e. The number of unbranched alkanes of at least 4 members (excludes halogenated alkanes) is 8. The minimum Gasteiger partial charge on any atom is -0.394 e. The molecule has 0 aliphatic heterocycles. The van der Waals surface area contributed by atoms with Gasteiger partial charge in [-0.2, -0.15) is 0 Å². The summed E-state index contributed by atoms with van der Waals surface area (Å²) in [6, 6.07) is 0. The van der Waals surface area contributed by atoms with Gasteiger partial charge in [0, 0.05) is 0 Å². The zero-order valence-corrected chi connectivity index (χ0v) is 13.3. The Bertz CT molecular complexity index is 225. The van der Waals surface area contributed by atoms with Crippen LogP contribution in [0, 0.1) is 0 Å². The predicted octanol–water partition coefficient (Wildman–Crippen LogP) is 3.54. The van der Waals surface area contributed by atoms with E-state index in [1.54, 1.807) is 0 Å². The van der Waals surface area contributed by atoms with Crippen molar-refractivity contribution in [2.24, 2.45) is 5.73 Å². The quantitative estimate of drug-likeness (QED) is 0.338. The van der Waals surface area contributed by atoms with Crippen LogP contribution in [0.2, 0.25) is 0 Å². The molecule has 0 rings (SSSR count). The molecule has 0 atom stereocenters. The SMILES string of the molecule is CCCCCCCCCC=CCCCC(N)(CO)CO. The molecule has 20 heavy (non-hydrogen) atoms. The number of aliphatic hydroxyl groups excluding tert-OH is 2. The van der Waals surface area contributed by atoms with E-state index in [1.165, 1.54) is 51.4 Å². The zero-order valence-electron chi connectivity index (χ0n) is 13.3. The molecule has 0 aromatic rings. The normalized spacial score (nSPS) is 12.4. The standard InChI is InChI=1S/C17H35NO2/c1-2-3-4-5-6-7-8-9-10-11-12-13-14-17(18,15-19)16-20/h10-11,19-20H,2-9,12-16,18H2,1H3. The van der Waals surface area contributed by atoms with E-state index >= 15 is 0 Å². The van der Waals surface area contributed by atoms with E-state index in [0.717, 1.165) is 12.8 Å². The molecule has 0 fully saturated rings. The van der Waals surface area contributed by atoms with Gasteiger partial charge in [0.2, 0.25) is 0 Å². The van der Waals surface area contributed by atoms with E-state index in [2.05, 4.69) is 19.1 Å². The summed E-state index contributed by atoms with van der Waals surface area (Å²) < 4.78 is 0. The second-order valence-electron chi connectivity index (χ2n) is 5.95. The molecule has 3 nitrogen and oxygen atoms in total. The van der Waals surface area contributed by atoms with Gasteiger partial charge in [0.05, 0.1) is 18.8 Å². The third-order valence-electron chi connectivity index (χ3n) is 3.82.